The van der Waals surface area contributed by atoms with Crippen LogP contribution in [0.3, 0.4) is 0 Å². The van der Waals surface area contributed by atoms with Gasteiger partial charge >= 0.3 is 0 Å². The zero-order valence-corrected chi connectivity index (χ0v) is 11.1. The van der Waals surface area contributed by atoms with Crippen molar-refractivity contribution in [2.45, 2.75) is 27.2 Å². The number of carbonyl (C=O) groups is 1. The third-order valence-electron chi connectivity index (χ3n) is 1.80. The summed E-state index contributed by atoms with van der Waals surface area (Å²) >= 11 is 0. The fraction of sp³-hybridized carbons (Fsp3) is 0.400. The minimum Gasteiger partial charge on any atom is -0.316 e. The Hall–Kier alpha value is -0.0761. The van der Waals surface area contributed by atoms with E-state index in [0.717, 1.165) is 17.7 Å². The molecule has 1 heterocycles. The fourth-order valence-corrected chi connectivity index (χ4v) is 1.09. The zero-order valence-electron chi connectivity index (χ0n) is 8.22. The van der Waals surface area contributed by atoms with Crippen molar-refractivity contribution in [1.29, 1.82) is 0 Å². The van der Waals surface area contributed by atoms with Gasteiger partial charge in [-0.3, -0.25) is 4.98 Å². The molecule has 0 spiro atoms. The number of aromatic nitrogens is 1. The number of aryl methyl sites for hydroxylation is 2. The molecule has 3 heteroatoms. The molecule has 1 aromatic rings. The summed E-state index contributed by atoms with van der Waals surface area (Å²) in [5, 5.41) is 0. The summed E-state index contributed by atoms with van der Waals surface area (Å²) in [6.07, 6.45) is 2.49. The van der Waals surface area contributed by atoms with Crippen LogP contribution in [-0.2, 0) is 39.1 Å². The van der Waals surface area contributed by atoms with E-state index in [0.29, 0.717) is 5.56 Å². The Morgan fingerprint density at radius 3 is 2.62 bits per heavy atom. The van der Waals surface area contributed by atoms with Gasteiger partial charge < -0.3 is 4.79 Å². The van der Waals surface area contributed by atoms with Crippen LogP contribution < -0.4 is 0 Å². The minimum atomic E-state index is 0. The maximum absolute atomic E-state index is 11.0. The van der Waals surface area contributed by atoms with Gasteiger partial charge in [0.05, 0.1) is 5.78 Å². The molecular weight excluding hydrogens is 239 g/mol. The molecule has 0 saturated carbocycles. The average Bonchev–Trinajstić information content (AvgIpc) is 2.03. The Kier molecular flexibility index (Phi) is 5.58. The summed E-state index contributed by atoms with van der Waals surface area (Å²) in [4.78, 5) is 15.1. The van der Waals surface area contributed by atoms with Crippen LogP contribution in [0.25, 0.3) is 0 Å². The van der Waals surface area contributed by atoms with Crippen LogP contribution in [0.5, 0.6) is 0 Å². The first-order chi connectivity index (χ1) is 5.65. The Balaban J connectivity index is 0.00000144. The second-order valence-electron chi connectivity index (χ2n) is 2.78. The van der Waals surface area contributed by atoms with Crippen molar-refractivity contribution in [1.82, 2.24) is 4.98 Å². The summed E-state index contributed by atoms with van der Waals surface area (Å²) in [6, 6.07) is 3.07. The van der Waals surface area contributed by atoms with Crippen molar-refractivity contribution in [3.05, 3.63) is 29.1 Å². The van der Waals surface area contributed by atoms with Crippen LogP contribution in [0.15, 0.2) is 6.20 Å². The first-order valence-corrected chi connectivity index (χ1v) is 4.04. The molecule has 0 bridgehead atoms. The Morgan fingerprint density at radius 2 is 2.23 bits per heavy atom. The van der Waals surface area contributed by atoms with Crippen LogP contribution in [-0.4, -0.2) is 10.8 Å². The van der Waals surface area contributed by atoms with Crippen LogP contribution in [0.4, 0.5) is 0 Å². The van der Waals surface area contributed by atoms with Crippen LogP contribution in [0.2, 0.25) is 0 Å². The van der Waals surface area contributed by atoms with Crippen LogP contribution >= 0.6 is 0 Å². The molecule has 0 fully saturated rings. The van der Waals surface area contributed by atoms with Gasteiger partial charge in [0, 0.05) is 32.7 Å². The van der Waals surface area contributed by atoms with Gasteiger partial charge in [-0.25, -0.2) is 11.6 Å². The number of rotatable bonds is 2. The molecule has 67 valence electrons. The quantitative estimate of drug-likeness (QED) is 0.594. The average molecular weight is 251 g/mol. The van der Waals surface area contributed by atoms with Crippen molar-refractivity contribution < 1.29 is 37.5 Å². The van der Waals surface area contributed by atoms with Gasteiger partial charge in [-0.1, -0.05) is 19.5 Å². The van der Waals surface area contributed by atoms with Crippen molar-refractivity contribution >= 4 is 5.78 Å². The number of hydrogen-bond acceptors (Lipinski definition) is 2. The summed E-state index contributed by atoms with van der Waals surface area (Å²) < 4.78 is 0. The van der Waals surface area contributed by atoms with Crippen LogP contribution in [0, 0.1) is 13.0 Å². The van der Waals surface area contributed by atoms with E-state index in [1.165, 1.54) is 0 Å². The largest absolute Gasteiger partial charge is 0.316 e. The van der Waals surface area contributed by atoms with Crippen molar-refractivity contribution in [3.63, 3.8) is 0 Å². The van der Waals surface area contributed by atoms with Crippen molar-refractivity contribution in [2.24, 2.45) is 0 Å². The van der Waals surface area contributed by atoms with Gasteiger partial charge in [0.1, 0.15) is 0 Å². The minimum absolute atomic E-state index is 0. The Morgan fingerprint density at radius 1 is 1.62 bits per heavy atom. The smallest absolute Gasteiger partial charge is 0.0816 e. The van der Waals surface area contributed by atoms with Gasteiger partial charge in [-0.15, -0.1) is 5.56 Å². The summed E-state index contributed by atoms with van der Waals surface area (Å²) in [5.41, 5.74) is 2.49. The molecule has 0 N–H and O–H groups in total. The molecule has 1 rings (SSSR count). The number of carbonyl (C=O) groups excluding carboxylic acids is 1. The molecule has 0 aliphatic carbocycles. The summed E-state index contributed by atoms with van der Waals surface area (Å²) in [6.45, 7) is 5.45. The van der Waals surface area contributed by atoms with E-state index in [2.05, 4.69) is 11.1 Å². The van der Waals surface area contributed by atoms with Gasteiger partial charge in [-0.2, -0.15) is 0 Å². The summed E-state index contributed by atoms with van der Waals surface area (Å²) in [7, 11) is 0. The Bertz CT molecular complexity index is 310. The number of nitrogens with zero attached hydrogens (tertiary/aromatic N) is 1. The van der Waals surface area contributed by atoms with Crippen LogP contribution in [0.1, 0.15) is 35.5 Å². The van der Waals surface area contributed by atoms with Gasteiger partial charge in [-0.05, 0) is 19.5 Å². The maximum atomic E-state index is 11.0. The zero-order chi connectivity index (χ0) is 9.14. The van der Waals surface area contributed by atoms with Gasteiger partial charge in [0.2, 0.25) is 0 Å². The standard InChI is InChI=1S/C10H12NO.Y/c1-4-9-5-7(2)10(6-11-9)8(3)12;/h6H,4H2,1-3H3;/q-1;. The van der Waals surface area contributed by atoms with E-state index >= 15 is 0 Å². The topological polar surface area (TPSA) is 30.0 Å². The second kappa shape index (κ2) is 5.61. The van der Waals surface area contributed by atoms with Crippen molar-refractivity contribution in [3.8, 4) is 0 Å². The molecule has 1 aromatic heterocycles. The molecule has 0 aliphatic rings. The van der Waals surface area contributed by atoms with Crippen molar-refractivity contribution in [2.75, 3.05) is 0 Å². The second-order valence-corrected chi connectivity index (χ2v) is 2.78. The first-order valence-electron chi connectivity index (χ1n) is 4.04. The third-order valence-corrected chi connectivity index (χ3v) is 1.80. The normalized spacial score (nSPS) is 9.15. The third kappa shape index (κ3) is 3.28. The molecule has 0 unspecified atom stereocenters. The molecule has 0 atom stereocenters. The number of Topliss-reactive ketones (excluding diaryl/α,β-unsaturated/α-hetero) is 1. The van der Waals surface area contributed by atoms with E-state index in [4.69, 9.17) is 0 Å². The monoisotopic (exact) mass is 251 g/mol. The van der Waals surface area contributed by atoms with E-state index in [1.54, 1.807) is 13.1 Å². The molecule has 1 radical (unpaired) electrons. The molecular formula is C10H12NOY-. The summed E-state index contributed by atoms with van der Waals surface area (Å²) in [5.74, 6) is 0.0545. The predicted octanol–water partition coefficient (Wildman–Crippen LogP) is 1.95. The number of ketones is 1. The van der Waals surface area contributed by atoms with Gasteiger partial charge in [0.15, 0.2) is 0 Å². The maximum Gasteiger partial charge on any atom is 0.0816 e. The number of hydrogen-bond donors (Lipinski definition) is 0. The number of pyridine rings is 1. The van der Waals surface area contributed by atoms with E-state index < -0.39 is 0 Å². The molecule has 0 aliphatic heterocycles. The SMILES string of the molecule is CCc1[c-]c(C)c(C(C)=O)cn1.[Y]. The fourth-order valence-electron chi connectivity index (χ4n) is 1.09. The van der Waals surface area contributed by atoms with Gasteiger partial charge in [0.25, 0.3) is 0 Å². The van der Waals surface area contributed by atoms with E-state index in [9.17, 15) is 4.79 Å². The predicted molar refractivity (Wildman–Crippen MR) is 47.2 cm³/mol. The van der Waals surface area contributed by atoms with E-state index in [-0.39, 0.29) is 38.5 Å². The Labute approximate surface area is 104 Å². The molecule has 13 heavy (non-hydrogen) atoms. The molecule has 0 aromatic carbocycles. The molecule has 2 nitrogen and oxygen atoms in total. The molecule has 0 amide bonds. The molecule has 0 saturated heterocycles. The van der Waals surface area contributed by atoms with E-state index in [1.807, 2.05) is 13.8 Å². The first kappa shape index (κ1) is 12.9.